The molecule has 0 fully saturated rings. The molecule has 0 radical (unpaired) electrons. The molecule has 1 rings (SSSR count). The van der Waals surface area contributed by atoms with Gasteiger partial charge in [-0.05, 0) is 0 Å². The summed E-state index contributed by atoms with van der Waals surface area (Å²) in [6.07, 6.45) is 2.50. The van der Waals surface area contributed by atoms with Crippen molar-refractivity contribution in [1.82, 2.24) is 15.9 Å². The molecule has 0 aromatic heterocycles. The Balaban J connectivity index is 2.42. The van der Waals surface area contributed by atoms with Crippen LogP contribution in [0.15, 0.2) is 12.4 Å². The van der Waals surface area contributed by atoms with Gasteiger partial charge in [0.05, 0.1) is 12.4 Å². The van der Waals surface area contributed by atoms with Crippen molar-refractivity contribution in [3.8, 4) is 0 Å². The summed E-state index contributed by atoms with van der Waals surface area (Å²) in [5, 5.41) is 17.9. The number of hydrogen-bond acceptors (Lipinski definition) is 5. The lowest BCUT2D eigenvalue weighted by molar-refractivity contribution is -0.202. The molecule has 0 amide bonds. The Hall–Kier alpha value is -0.780. The molecular formula is C2H5N3O2. The molecule has 1 heterocycles. The maximum atomic E-state index is 8.33. The molecule has 40 valence electrons. The van der Waals surface area contributed by atoms with Crippen molar-refractivity contribution >= 4 is 0 Å². The lowest BCUT2D eigenvalue weighted by atomic mass is 11.0. The molecule has 0 aromatic carbocycles. The summed E-state index contributed by atoms with van der Waals surface area (Å²) in [5.74, 6) is 0. The van der Waals surface area contributed by atoms with E-state index >= 15 is 0 Å². The van der Waals surface area contributed by atoms with Crippen molar-refractivity contribution in [3.63, 3.8) is 0 Å². The molecule has 0 aromatic rings. The minimum absolute atomic E-state index is 0.625. The third kappa shape index (κ3) is 0.801. The van der Waals surface area contributed by atoms with E-state index in [0.717, 1.165) is 0 Å². The first kappa shape index (κ1) is 4.38. The number of hydrazine groups is 2. The molecule has 0 saturated heterocycles. The largest absolute Gasteiger partial charge is 0.272 e. The van der Waals surface area contributed by atoms with Crippen LogP contribution in [0.5, 0.6) is 0 Å². The zero-order valence-electron chi connectivity index (χ0n) is 3.44. The minimum atomic E-state index is 0.625. The molecule has 0 spiro atoms. The summed E-state index contributed by atoms with van der Waals surface area (Å²) >= 11 is 0. The Morgan fingerprint density at radius 2 is 1.57 bits per heavy atom. The SMILES string of the molecule is ON1C=CN(O)N1. The highest BCUT2D eigenvalue weighted by Crippen LogP contribution is 1.89. The van der Waals surface area contributed by atoms with Gasteiger partial charge in [-0.25, -0.2) is 0 Å². The second-order valence-electron chi connectivity index (χ2n) is 1.09. The first-order chi connectivity index (χ1) is 3.29. The molecule has 0 aliphatic carbocycles. The topological polar surface area (TPSA) is 59.0 Å². The second kappa shape index (κ2) is 1.38. The molecule has 0 saturated carbocycles. The van der Waals surface area contributed by atoms with Crippen molar-refractivity contribution in [3.05, 3.63) is 12.4 Å². The Bertz CT molecular complexity index is 82.9. The third-order valence-corrected chi connectivity index (χ3v) is 0.554. The standard InChI is InChI=1S/C2H5N3O2/c6-4-1-2-5(7)3-4/h1-3,6-7H. The van der Waals surface area contributed by atoms with E-state index in [1.54, 1.807) is 0 Å². The monoisotopic (exact) mass is 103 g/mol. The maximum absolute atomic E-state index is 8.33. The zero-order chi connectivity index (χ0) is 5.28. The second-order valence-corrected chi connectivity index (χ2v) is 1.09. The van der Waals surface area contributed by atoms with Crippen LogP contribution in [0.3, 0.4) is 0 Å². The van der Waals surface area contributed by atoms with E-state index in [1.807, 2.05) is 0 Å². The lowest BCUT2D eigenvalue weighted by Gasteiger charge is -2.08. The van der Waals surface area contributed by atoms with E-state index in [2.05, 4.69) is 5.53 Å². The van der Waals surface area contributed by atoms with Crippen molar-refractivity contribution in [2.45, 2.75) is 0 Å². The molecule has 1 aliphatic rings. The van der Waals surface area contributed by atoms with Gasteiger partial charge in [0.15, 0.2) is 0 Å². The van der Waals surface area contributed by atoms with Gasteiger partial charge in [0.2, 0.25) is 0 Å². The van der Waals surface area contributed by atoms with Crippen molar-refractivity contribution in [2.75, 3.05) is 0 Å². The van der Waals surface area contributed by atoms with Crippen molar-refractivity contribution < 1.29 is 10.4 Å². The van der Waals surface area contributed by atoms with Gasteiger partial charge < -0.3 is 0 Å². The van der Waals surface area contributed by atoms with E-state index in [4.69, 9.17) is 10.4 Å². The molecule has 5 heteroatoms. The van der Waals surface area contributed by atoms with E-state index in [-0.39, 0.29) is 0 Å². The van der Waals surface area contributed by atoms with Crippen LogP contribution in [-0.4, -0.2) is 20.8 Å². The fourth-order valence-electron chi connectivity index (χ4n) is 0.298. The normalized spacial score (nSPS) is 19.1. The zero-order valence-corrected chi connectivity index (χ0v) is 3.44. The number of nitrogens with zero attached hydrogens (tertiary/aromatic N) is 2. The Labute approximate surface area is 39.9 Å². The smallest absolute Gasteiger partial charge is 0.0680 e. The van der Waals surface area contributed by atoms with E-state index < -0.39 is 0 Å². The van der Waals surface area contributed by atoms with Crippen LogP contribution < -0.4 is 5.53 Å². The van der Waals surface area contributed by atoms with Gasteiger partial charge in [-0.15, -0.1) is 0 Å². The Kier molecular flexibility index (Phi) is 0.861. The van der Waals surface area contributed by atoms with Gasteiger partial charge in [-0.2, -0.15) is 10.3 Å². The van der Waals surface area contributed by atoms with E-state index in [0.29, 0.717) is 10.3 Å². The summed E-state index contributed by atoms with van der Waals surface area (Å²) < 4.78 is 0. The van der Waals surface area contributed by atoms with Gasteiger partial charge >= 0.3 is 0 Å². The van der Waals surface area contributed by atoms with Gasteiger partial charge in [-0.3, -0.25) is 10.4 Å². The first-order valence-corrected chi connectivity index (χ1v) is 1.70. The number of hydroxylamine groups is 2. The highest BCUT2D eigenvalue weighted by molar-refractivity contribution is 4.75. The summed E-state index contributed by atoms with van der Waals surface area (Å²) in [5.41, 5.74) is 2.08. The average Bonchev–Trinajstić information content (AvgIpc) is 1.87. The van der Waals surface area contributed by atoms with Crippen LogP contribution in [-0.2, 0) is 0 Å². The first-order valence-electron chi connectivity index (χ1n) is 1.70. The molecule has 1 aliphatic heterocycles. The van der Waals surface area contributed by atoms with Gasteiger partial charge in [0.1, 0.15) is 0 Å². The fraction of sp³-hybridized carbons (Fsp3) is 0. The summed E-state index contributed by atoms with van der Waals surface area (Å²) in [6.45, 7) is 0. The molecule has 0 unspecified atom stereocenters. The van der Waals surface area contributed by atoms with E-state index in [1.165, 1.54) is 12.4 Å². The van der Waals surface area contributed by atoms with Crippen LogP contribution in [0.4, 0.5) is 0 Å². The van der Waals surface area contributed by atoms with Gasteiger partial charge in [0.25, 0.3) is 0 Å². The number of hydrogen-bond donors (Lipinski definition) is 3. The van der Waals surface area contributed by atoms with Crippen LogP contribution in [0, 0.1) is 0 Å². The third-order valence-electron chi connectivity index (χ3n) is 0.554. The van der Waals surface area contributed by atoms with E-state index in [9.17, 15) is 0 Å². The predicted octanol–water partition coefficient (Wildman–Crippen LogP) is -0.727. The fourth-order valence-corrected chi connectivity index (χ4v) is 0.298. The molecule has 5 nitrogen and oxygen atoms in total. The van der Waals surface area contributed by atoms with Crippen LogP contribution in [0.2, 0.25) is 0 Å². The van der Waals surface area contributed by atoms with Gasteiger partial charge in [0, 0.05) is 0 Å². The average molecular weight is 103 g/mol. The Morgan fingerprint density at radius 3 is 1.71 bits per heavy atom. The van der Waals surface area contributed by atoms with Crippen LogP contribution in [0.25, 0.3) is 0 Å². The maximum Gasteiger partial charge on any atom is 0.0680 e. The highest BCUT2D eigenvalue weighted by Gasteiger charge is 2.02. The predicted molar refractivity (Wildman–Crippen MR) is 19.5 cm³/mol. The number of nitrogens with one attached hydrogen (secondary N) is 1. The Morgan fingerprint density at radius 1 is 1.14 bits per heavy atom. The van der Waals surface area contributed by atoms with Crippen LogP contribution in [0.1, 0.15) is 0 Å². The van der Waals surface area contributed by atoms with Crippen molar-refractivity contribution in [1.29, 1.82) is 0 Å². The van der Waals surface area contributed by atoms with Crippen molar-refractivity contribution in [2.24, 2.45) is 0 Å². The summed E-state index contributed by atoms with van der Waals surface area (Å²) in [7, 11) is 0. The molecule has 0 atom stereocenters. The number of rotatable bonds is 0. The molecular weight excluding hydrogens is 98.0 g/mol. The quantitative estimate of drug-likeness (QED) is 0.377. The van der Waals surface area contributed by atoms with Gasteiger partial charge in [-0.1, -0.05) is 5.53 Å². The minimum Gasteiger partial charge on any atom is -0.272 e. The molecule has 3 N–H and O–H groups in total. The summed E-state index contributed by atoms with van der Waals surface area (Å²) in [4.78, 5) is 0. The van der Waals surface area contributed by atoms with Crippen LogP contribution >= 0.6 is 0 Å². The summed E-state index contributed by atoms with van der Waals surface area (Å²) in [6, 6.07) is 0. The highest BCUT2D eigenvalue weighted by atomic mass is 16.6. The molecule has 7 heavy (non-hydrogen) atoms. The molecule has 0 bridgehead atoms. The lowest BCUT2D eigenvalue weighted by Crippen LogP contribution is -2.34.